The molecule has 0 saturated heterocycles. The average molecular weight is 257 g/mol. The third-order valence-electron chi connectivity index (χ3n) is 2.33. The van der Waals surface area contributed by atoms with Gasteiger partial charge in [-0.25, -0.2) is 4.39 Å². The number of carboxylic acids is 1. The fourth-order valence-electron chi connectivity index (χ4n) is 1.61. The summed E-state index contributed by atoms with van der Waals surface area (Å²) in [4.78, 5) is 10.5. The van der Waals surface area contributed by atoms with E-state index in [0.29, 0.717) is 22.6 Å². The first kappa shape index (κ1) is 13.7. The third kappa shape index (κ3) is 3.86. The van der Waals surface area contributed by atoms with E-state index in [1.807, 2.05) is 6.92 Å². The fourth-order valence-corrected chi connectivity index (χ4v) is 1.90. The van der Waals surface area contributed by atoms with Crippen molar-refractivity contribution < 1.29 is 14.3 Å². The van der Waals surface area contributed by atoms with Gasteiger partial charge in [0.25, 0.3) is 0 Å². The molecule has 0 atom stereocenters. The summed E-state index contributed by atoms with van der Waals surface area (Å²) >= 11 is 5.95. The Bertz CT molecular complexity index is 421. The molecule has 1 rings (SSSR count). The minimum atomic E-state index is -0.939. The molecular weight excluding hydrogens is 243 g/mol. The Morgan fingerprint density at radius 2 is 2.24 bits per heavy atom. The van der Waals surface area contributed by atoms with Crippen LogP contribution in [0.5, 0.6) is 0 Å². The highest BCUT2D eigenvalue weighted by Gasteiger charge is 2.11. The van der Waals surface area contributed by atoms with Gasteiger partial charge in [0.05, 0.1) is 11.4 Å². The number of aliphatic carboxylic acids is 1. The Hall–Kier alpha value is -1.35. The Morgan fingerprint density at radius 1 is 1.53 bits per heavy atom. The second kappa shape index (κ2) is 6.40. The SMILES string of the molecule is CCC/C(=C\CC(=O)O)c1c(F)cccc1Cl. The maximum absolute atomic E-state index is 13.7. The van der Waals surface area contributed by atoms with Crippen molar-refractivity contribution >= 4 is 23.1 Å². The molecule has 0 aliphatic carbocycles. The predicted molar refractivity (Wildman–Crippen MR) is 66.5 cm³/mol. The summed E-state index contributed by atoms with van der Waals surface area (Å²) in [6.45, 7) is 1.95. The predicted octanol–water partition coefficient (Wildman–Crippen LogP) is 4.14. The molecule has 0 unspecified atom stereocenters. The monoisotopic (exact) mass is 256 g/mol. The summed E-state index contributed by atoms with van der Waals surface area (Å²) < 4.78 is 13.7. The van der Waals surface area contributed by atoms with Gasteiger partial charge in [0.1, 0.15) is 5.82 Å². The smallest absolute Gasteiger partial charge is 0.307 e. The van der Waals surface area contributed by atoms with Gasteiger partial charge in [0.2, 0.25) is 0 Å². The quantitative estimate of drug-likeness (QED) is 0.860. The van der Waals surface area contributed by atoms with E-state index >= 15 is 0 Å². The molecule has 1 aromatic rings. The molecule has 0 aromatic heterocycles. The zero-order valence-electron chi connectivity index (χ0n) is 9.54. The first-order valence-electron chi connectivity index (χ1n) is 5.41. The van der Waals surface area contributed by atoms with Crippen molar-refractivity contribution in [1.82, 2.24) is 0 Å². The second-order valence-electron chi connectivity index (χ2n) is 3.67. The van der Waals surface area contributed by atoms with Crippen LogP contribution in [0, 0.1) is 5.82 Å². The Labute approximate surface area is 105 Å². The van der Waals surface area contributed by atoms with E-state index in [1.54, 1.807) is 6.07 Å². The third-order valence-corrected chi connectivity index (χ3v) is 2.64. The van der Waals surface area contributed by atoms with Crippen LogP contribution in [0.25, 0.3) is 5.57 Å². The van der Waals surface area contributed by atoms with Crippen molar-refractivity contribution in [1.29, 1.82) is 0 Å². The van der Waals surface area contributed by atoms with Crippen molar-refractivity contribution in [3.8, 4) is 0 Å². The molecule has 0 fully saturated rings. The lowest BCUT2D eigenvalue weighted by Gasteiger charge is -2.09. The van der Waals surface area contributed by atoms with E-state index < -0.39 is 11.8 Å². The van der Waals surface area contributed by atoms with Gasteiger partial charge in [-0.15, -0.1) is 0 Å². The number of allylic oxidation sites excluding steroid dienone is 1. The van der Waals surface area contributed by atoms with E-state index in [-0.39, 0.29) is 6.42 Å². The molecular formula is C13H14ClFO2. The van der Waals surface area contributed by atoms with Crippen LogP contribution in [-0.4, -0.2) is 11.1 Å². The minimum absolute atomic E-state index is 0.125. The van der Waals surface area contributed by atoms with Crippen LogP contribution in [0.1, 0.15) is 31.7 Å². The molecule has 0 aliphatic rings. The van der Waals surface area contributed by atoms with E-state index in [9.17, 15) is 9.18 Å². The van der Waals surface area contributed by atoms with Crippen molar-refractivity contribution in [2.45, 2.75) is 26.2 Å². The van der Waals surface area contributed by atoms with Gasteiger partial charge in [0.15, 0.2) is 0 Å². The molecule has 92 valence electrons. The number of rotatable bonds is 5. The standard InChI is InChI=1S/C13H14ClFO2/c1-2-4-9(7-8-12(16)17)13-10(14)5-3-6-11(13)15/h3,5-7H,2,4,8H2,1H3,(H,16,17)/b9-7+. The summed E-state index contributed by atoms with van der Waals surface area (Å²) in [5.41, 5.74) is 0.968. The van der Waals surface area contributed by atoms with Crippen LogP contribution in [0.4, 0.5) is 4.39 Å². The number of halogens is 2. The molecule has 0 aliphatic heterocycles. The maximum atomic E-state index is 13.7. The molecule has 17 heavy (non-hydrogen) atoms. The van der Waals surface area contributed by atoms with Gasteiger partial charge in [0, 0.05) is 5.56 Å². The molecule has 0 amide bonds. The first-order chi connectivity index (χ1) is 8.06. The zero-order chi connectivity index (χ0) is 12.8. The van der Waals surface area contributed by atoms with Gasteiger partial charge >= 0.3 is 5.97 Å². The van der Waals surface area contributed by atoms with Gasteiger partial charge in [-0.1, -0.05) is 37.1 Å². The summed E-state index contributed by atoms with van der Waals surface area (Å²) in [7, 11) is 0. The summed E-state index contributed by atoms with van der Waals surface area (Å²) in [6, 6.07) is 4.46. The topological polar surface area (TPSA) is 37.3 Å². The van der Waals surface area contributed by atoms with Gasteiger partial charge in [-0.3, -0.25) is 4.79 Å². The van der Waals surface area contributed by atoms with Gasteiger partial charge < -0.3 is 5.11 Å². The van der Waals surface area contributed by atoms with Crippen LogP contribution in [0.15, 0.2) is 24.3 Å². The number of hydrogen-bond donors (Lipinski definition) is 1. The van der Waals surface area contributed by atoms with Crippen LogP contribution in [0.3, 0.4) is 0 Å². The van der Waals surface area contributed by atoms with E-state index in [0.717, 1.165) is 6.42 Å². The summed E-state index contributed by atoms with van der Waals surface area (Å²) in [5.74, 6) is -1.35. The molecule has 0 bridgehead atoms. The Morgan fingerprint density at radius 3 is 2.76 bits per heavy atom. The maximum Gasteiger partial charge on any atom is 0.307 e. The van der Waals surface area contributed by atoms with Crippen LogP contribution >= 0.6 is 11.6 Å². The second-order valence-corrected chi connectivity index (χ2v) is 4.08. The van der Waals surface area contributed by atoms with Crippen LogP contribution in [0.2, 0.25) is 5.02 Å². The van der Waals surface area contributed by atoms with E-state index in [2.05, 4.69) is 0 Å². The molecule has 1 N–H and O–H groups in total. The molecule has 4 heteroatoms. The van der Waals surface area contributed by atoms with E-state index in [1.165, 1.54) is 18.2 Å². The van der Waals surface area contributed by atoms with Gasteiger partial charge in [-0.2, -0.15) is 0 Å². The van der Waals surface area contributed by atoms with Crippen molar-refractivity contribution in [3.05, 3.63) is 40.7 Å². The highest BCUT2D eigenvalue weighted by molar-refractivity contribution is 6.32. The largest absolute Gasteiger partial charge is 0.481 e. The molecule has 1 aromatic carbocycles. The van der Waals surface area contributed by atoms with Crippen molar-refractivity contribution in [3.63, 3.8) is 0 Å². The highest BCUT2D eigenvalue weighted by atomic mass is 35.5. The van der Waals surface area contributed by atoms with Crippen molar-refractivity contribution in [2.75, 3.05) is 0 Å². The highest BCUT2D eigenvalue weighted by Crippen LogP contribution is 2.30. The molecule has 0 heterocycles. The number of hydrogen-bond acceptors (Lipinski definition) is 1. The summed E-state index contributed by atoms with van der Waals surface area (Å²) in [5, 5.41) is 8.96. The fraction of sp³-hybridized carbons (Fsp3) is 0.308. The Balaban J connectivity index is 3.13. The molecule has 0 saturated carbocycles. The number of benzene rings is 1. The first-order valence-corrected chi connectivity index (χ1v) is 5.79. The average Bonchev–Trinajstić information content (AvgIpc) is 2.25. The normalized spacial score (nSPS) is 11.6. The minimum Gasteiger partial charge on any atom is -0.481 e. The lowest BCUT2D eigenvalue weighted by atomic mass is 9.99. The lowest BCUT2D eigenvalue weighted by molar-refractivity contribution is -0.135. The molecule has 0 spiro atoms. The Kier molecular flexibility index (Phi) is 5.16. The number of carboxylic acid groups (broad SMARTS) is 1. The molecule has 0 radical (unpaired) electrons. The lowest BCUT2D eigenvalue weighted by Crippen LogP contribution is -1.95. The number of carbonyl (C=O) groups is 1. The molecule has 2 nitrogen and oxygen atoms in total. The van der Waals surface area contributed by atoms with Gasteiger partial charge in [-0.05, 0) is 24.1 Å². The summed E-state index contributed by atoms with van der Waals surface area (Å²) in [6.07, 6.45) is 2.81. The van der Waals surface area contributed by atoms with Crippen LogP contribution in [-0.2, 0) is 4.79 Å². The zero-order valence-corrected chi connectivity index (χ0v) is 10.3. The van der Waals surface area contributed by atoms with Crippen molar-refractivity contribution in [2.24, 2.45) is 0 Å². The van der Waals surface area contributed by atoms with E-state index in [4.69, 9.17) is 16.7 Å². The van der Waals surface area contributed by atoms with Crippen LogP contribution < -0.4 is 0 Å².